The Labute approximate surface area is 151 Å². The Morgan fingerprint density at radius 1 is 1.23 bits per heavy atom. The Bertz CT molecular complexity index is 973. The van der Waals surface area contributed by atoms with E-state index in [1.807, 2.05) is 37.3 Å². The van der Waals surface area contributed by atoms with Gasteiger partial charge in [0, 0.05) is 7.05 Å². The van der Waals surface area contributed by atoms with Crippen LogP contribution < -0.4 is 10.5 Å². The number of hydrogen-bond donors (Lipinski definition) is 0. The van der Waals surface area contributed by atoms with Gasteiger partial charge in [-0.1, -0.05) is 24.3 Å². The first-order valence-electron chi connectivity index (χ1n) is 8.52. The van der Waals surface area contributed by atoms with Crippen LogP contribution in [0.15, 0.2) is 57.7 Å². The van der Waals surface area contributed by atoms with Crippen LogP contribution in [0.4, 0.5) is 0 Å². The lowest BCUT2D eigenvalue weighted by Gasteiger charge is -2.22. The molecule has 6 nitrogen and oxygen atoms in total. The van der Waals surface area contributed by atoms with Crippen LogP contribution in [0, 0.1) is 6.92 Å². The van der Waals surface area contributed by atoms with E-state index in [1.54, 1.807) is 37.1 Å². The van der Waals surface area contributed by atoms with Crippen LogP contribution in [0.3, 0.4) is 0 Å². The van der Waals surface area contributed by atoms with Gasteiger partial charge in [0.25, 0.3) is 0 Å². The number of hydrogen-bond acceptors (Lipinski definition) is 4. The zero-order valence-corrected chi connectivity index (χ0v) is 15.1. The van der Waals surface area contributed by atoms with Gasteiger partial charge in [-0.15, -0.1) is 0 Å². The Kier molecular flexibility index (Phi) is 5.11. The SMILES string of the molecule is Cc1cccc(OCCN(C)C(=O)C(C)n2c(=O)oc3ccccc32)c1. The average molecular weight is 354 g/mol. The molecule has 0 bridgehead atoms. The second-order valence-corrected chi connectivity index (χ2v) is 6.31. The second-order valence-electron chi connectivity index (χ2n) is 6.31. The molecule has 6 heteroatoms. The molecule has 3 aromatic rings. The van der Waals surface area contributed by atoms with Crippen LogP contribution in [0.5, 0.6) is 5.75 Å². The highest BCUT2D eigenvalue weighted by atomic mass is 16.5. The van der Waals surface area contributed by atoms with Gasteiger partial charge >= 0.3 is 5.76 Å². The van der Waals surface area contributed by atoms with E-state index >= 15 is 0 Å². The first-order valence-corrected chi connectivity index (χ1v) is 8.52. The summed E-state index contributed by atoms with van der Waals surface area (Å²) in [5.74, 6) is 0.0684. The highest BCUT2D eigenvalue weighted by Crippen LogP contribution is 2.18. The molecular weight excluding hydrogens is 332 g/mol. The number of likely N-dealkylation sites (N-methyl/N-ethyl adjacent to an activating group) is 1. The molecule has 136 valence electrons. The molecule has 0 fully saturated rings. The highest BCUT2D eigenvalue weighted by molar-refractivity contribution is 5.82. The van der Waals surface area contributed by atoms with E-state index in [-0.39, 0.29) is 5.91 Å². The zero-order valence-electron chi connectivity index (χ0n) is 15.1. The van der Waals surface area contributed by atoms with Crippen molar-refractivity contribution in [1.82, 2.24) is 9.47 Å². The third-order valence-electron chi connectivity index (χ3n) is 4.32. The van der Waals surface area contributed by atoms with Gasteiger partial charge in [-0.05, 0) is 43.7 Å². The Morgan fingerprint density at radius 3 is 2.77 bits per heavy atom. The van der Waals surface area contributed by atoms with Crippen molar-refractivity contribution >= 4 is 17.0 Å². The van der Waals surface area contributed by atoms with Crippen molar-refractivity contribution in [2.45, 2.75) is 19.9 Å². The topological polar surface area (TPSA) is 64.7 Å². The van der Waals surface area contributed by atoms with Gasteiger partial charge in [-0.25, -0.2) is 4.79 Å². The summed E-state index contributed by atoms with van der Waals surface area (Å²) in [7, 11) is 1.70. The average Bonchev–Trinajstić information content (AvgIpc) is 2.96. The molecule has 0 aliphatic heterocycles. The summed E-state index contributed by atoms with van der Waals surface area (Å²) < 4.78 is 12.3. The van der Waals surface area contributed by atoms with E-state index in [9.17, 15) is 9.59 Å². The fourth-order valence-electron chi connectivity index (χ4n) is 2.90. The van der Waals surface area contributed by atoms with Crippen LogP contribution in [-0.4, -0.2) is 35.6 Å². The lowest BCUT2D eigenvalue weighted by atomic mass is 10.2. The first kappa shape index (κ1) is 17.8. The molecule has 1 amide bonds. The van der Waals surface area contributed by atoms with E-state index in [4.69, 9.17) is 9.15 Å². The lowest BCUT2D eigenvalue weighted by Crippen LogP contribution is -2.38. The fourth-order valence-corrected chi connectivity index (χ4v) is 2.90. The summed E-state index contributed by atoms with van der Waals surface area (Å²) in [6.07, 6.45) is 0. The smallest absolute Gasteiger partial charge is 0.420 e. The van der Waals surface area contributed by atoms with Crippen molar-refractivity contribution in [3.05, 3.63) is 64.6 Å². The van der Waals surface area contributed by atoms with Gasteiger partial charge in [0.05, 0.1) is 12.1 Å². The molecule has 1 unspecified atom stereocenters. The monoisotopic (exact) mass is 354 g/mol. The maximum absolute atomic E-state index is 12.7. The maximum Gasteiger partial charge on any atom is 0.420 e. The zero-order chi connectivity index (χ0) is 18.7. The molecule has 3 rings (SSSR count). The summed E-state index contributed by atoms with van der Waals surface area (Å²) in [6.45, 7) is 4.49. The minimum Gasteiger partial charge on any atom is -0.492 e. The van der Waals surface area contributed by atoms with Gasteiger partial charge in [-0.3, -0.25) is 9.36 Å². The van der Waals surface area contributed by atoms with E-state index in [0.29, 0.717) is 24.3 Å². The number of para-hydroxylation sites is 2. The van der Waals surface area contributed by atoms with Crippen molar-refractivity contribution < 1.29 is 13.9 Å². The summed E-state index contributed by atoms with van der Waals surface area (Å²) in [4.78, 5) is 26.4. The molecule has 0 aliphatic carbocycles. The minimum atomic E-state index is -0.657. The number of rotatable bonds is 6. The first-order chi connectivity index (χ1) is 12.5. The molecule has 0 radical (unpaired) electrons. The third-order valence-corrected chi connectivity index (χ3v) is 4.32. The lowest BCUT2D eigenvalue weighted by molar-refractivity contribution is -0.133. The standard InChI is InChI=1S/C20H22N2O4/c1-14-7-6-8-16(13-14)25-12-11-21(3)19(23)15(2)22-17-9-4-5-10-18(17)26-20(22)24/h4-10,13,15H,11-12H2,1-3H3. The van der Waals surface area contributed by atoms with Crippen LogP contribution in [0.25, 0.3) is 11.1 Å². The number of nitrogens with zero attached hydrogens (tertiary/aromatic N) is 2. The molecular formula is C20H22N2O4. The molecule has 1 heterocycles. The number of aromatic nitrogens is 1. The predicted octanol–water partition coefficient (Wildman–Crippen LogP) is 3.00. The Hall–Kier alpha value is -3.02. The predicted molar refractivity (Wildman–Crippen MR) is 99.5 cm³/mol. The number of amides is 1. The molecule has 26 heavy (non-hydrogen) atoms. The van der Waals surface area contributed by atoms with Gasteiger partial charge in [0.15, 0.2) is 5.58 Å². The minimum absolute atomic E-state index is 0.175. The number of benzene rings is 2. The van der Waals surface area contributed by atoms with E-state index < -0.39 is 11.8 Å². The van der Waals surface area contributed by atoms with Crippen molar-refractivity contribution in [3.63, 3.8) is 0 Å². The van der Waals surface area contributed by atoms with Crippen molar-refractivity contribution in [2.75, 3.05) is 20.2 Å². The Balaban J connectivity index is 1.66. The van der Waals surface area contributed by atoms with Gasteiger partial charge < -0.3 is 14.1 Å². The molecule has 0 aliphatic rings. The third kappa shape index (κ3) is 3.64. The van der Waals surface area contributed by atoms with Gasteiger partial charge in [0.2, 0.25) is 5.91 Å². The number of ether oxygens (including phenoxy) is 1. The van der Waals surface area contributed by atoms with Crippen molar-refractivity contribution in [3.8, 4) is 5.75 Å². The van der Waals surface area contributed by atoms with Gasteiger partial charge in [-0.2, -0.15) is 0 Å². The largest absolute Gasteiger partial charge is 0.492 e. The number of carbonyl (C=O) groups excluding carboxylic acids is 1. The van der Waals surface area contributed by atoms with Crippen molar-refractivity contribution in [2.24, 2.45) is 0 Å². The molecule has 1 aromatic heterocycles. The number of oxazole rings is 1. The molecule has 0 N–H and O–H groups in total. The normalized spacial score (nSPS) is 12.1. The second kappa shape index (κ2) is 7.47. The fraction of sp³-hybridized carbons (Fsp3) is 0.300. The maximum atomic E-state index is 12.7. The number of aryl methyl sites for hydroxylation is 1. The van der Waals surface area contributed by atoms with Crippen LogP contribution in [0.1, 0.15) is 18.5 Å². The highest BCUT2D eigenvalue weighted by Gasteiger charge is 2.23. The molecule has 1 atom stereocenters. The molecule has 0 spiro atoms. The summed E-state index contributed by atoms with van der Waals surface area (Å²) in [5.41, 5.74) is 2.21. The summed E-state index contributed by atoms with van der Waals surface area (Å²) >= 11 is 0. The van der Waals surface area contributed by atoms with Gasteiger partial charge in [0.1, 0.15) is 18.4 Å². The molecule has 0 saturated heterocycles. The quantitative estimate of drug-likeness (QED) is 0.683. The number of fused-ring (bicyclic) bond motifs is 1. The van der Waals surface area contributed by atoms with E-state index in [0.717, 1.165) is 11.3 Å². The summed E-state index contributed by atoms with van der Waals surface area (Å²) in [5, 5.41) is 0. The Morgan fingerprint density at radius 2 is 2.00 bits per heavy atom. The van der Waals surface area contributed by atoms with Crippen molar-refractivity contribution in [1.29, 1.82) is 0 Å². The summed E-state index contributed by atoms with van der Waals surface area (Å²) in [6, 6.07) is 14.2. The number of carbonyl (C=O) groups is 1. The molecule has 0 saturated carbocycles. The molecule has 2 aromatic carbocycles. The van der Waals surface area contributed by atoms with Crippen LogP contribution in [-0.2, 0) is 4.79 Å². The van der Waals surface area contributed by atoms with Crippen LogP contribution in [0.2, 0.25) is 0 Å². The van der Waals surface area contributed by atoms with Crippen LogP contribution >= 0.6 is 0 Å². The van der Waals surface area contributed by atoms with E-state index in [1.165, 1.54) is 4.57 Å². The van der Waals surface area contributed by atoms with E-state index in [2.05, 4.69) is 0 Å².